The third-order valence-corrected chi connectivity index (χ3v) is 3.30. The molecule has 1 aromatic carbocycles. The van der Waals surface area contributed by atoms with E-state index in [4.69, 9.17) is 21.1 Å². The summed E-state index contributed by atoms with van der Waals surface area (Å²) < 4.78 is 10.8. The Morgan fingerprint density at radius 1 is 1.29 bits per heavy atom. The number of fused-ring (bicyclic) bond motifs is 1. The lowest BCUT2D eigenvalue weighted by atomic mass is 9.82. The van der Waals surface area contributed by atoms with E-state index in [0.29, 0.717) is 12.8 Å². The van der Waals surface area contributed by atoms with Crippen molar-refractivity contribution in [2.45, 2.75) is 26.2 Å². The SMILES string of the molecule is Cc1cc2c(cc1C(C)(C)CNCCl)OCO2. The highest BCUT2D eigenvalue weighted by Crippen LogP contribution is 2.38. The number of nitrogens with one attached hydrogen (secondary N) is 1. The van der Waals surface area contributed by atoms with Gasteiger partial charge in [0.05, 0.1) is 6.00 Å². The Balaban J connectivity index is 2.31. The van der Waals surface area contributed by atoms with Crippen LogP contribution in [0.4, 0.5) is 0 Å². The molecule has 0 radical (unpaired) electrons. The van der Waals surface area contributed by atoms with E-state index in [1.165, 1.54) is 11.1 Å². The summed E-state index contributed by atoms with van der Waals surface area (Å²) >= 11 is 5.67. The third kappa shape index (κ3) is 2.50. The monoisotopic (exact) mass is 255 g/mol. The summed E-state index contributed by atoms with van der Waals surface area (Å²) in [6.07, 6.45) is 0. The van der Waals surface area contributed by atoms with Gasteiger partial charge in [0.1, 0.15) is 0 Å². The van der Waals surface area contributed by atoms with Crippen LogP contribution in [0.1, 0.15) is 25.0 Å². The van der Waals surface area contributed by atoms with E-state index < -0.39 is 0 Å². The standard InChI is InChI=1S/C13H18ClNO2/c1-9-4-11-12(17-8-16-11)5-10(9)13(2,3)6-15-7-14/h4-5,15H,6-8H2,1-3H3. The molecular weight excluding hydrogens is 238 g/mol. The van der Waals surface area contributed by atoms with Gasteiger partial charge in [0, 0.05) is 12.0 Å². The highest BCUT2D eigenvalue weighted by molar-refractivity contribution is 6.17. The Morgan fingerprint density at radius 3 is 2.59 bits per heavy atom. The van der Waals surface area contributed by atoms with Crippen molar-refractivity contribution in [2.75, 3.05) is 19.3 Å². The number of hydrogen-bond acceptors (Lipinski definition) is 3. The van der Waals surface area contributed by atoms with Gasteiger partial charge in [0.2, 0.25) is 6.79 Å². The summed E-state index contributed by atoms with van der Waals surface area (Å²) in [5, 5.41) is 3.18. The van der Waals surface area contributed by atoms with Gasteiger partial charge in [-0.1, -0.05) is 13.8 Å². The first-order valence-electron chi connectivity index (χ1n) is 5.72. The highest BCUT2D eigenvalue weighted by Gasteiger charge is 2.25. The number of aryl methyl sites for hydroxylation is 1. The number of ether oxygens (including phenoxy) is 2. The zero-order chi connectivity index (χ0) is 12.5. The van der Waals surface area contributed by atoms with Gasteiger partial charge in [-0.05, 0) is 30.2 Å². The highest BCUT2D eigenvalue weighted by atomic mass is 35.5. The molecule has 2 rings (SSSR count). The summed E-state index contributed by atoms with van der Waals surface area (Å²) in [7, 11) is 0. The van der Waals surface area contributed by atoms with Crippen molar-refractivity contribution in [3.63, 3.8) is 0 Å². The molecule has 0 unspecified atom stereocenters. The largest absolute Gasteiger partial charge is 0.454 e. The Labute approximate surface area is 107 Å². The number of hydrogen-bond donors (Lipinski definition) is 1. The van der Waals surface area contributed by atoms with Crippen molar-refractivity contribution in [2.24, 2.45) is 0 Å². The van der Waals surface area contributed by atoms with Gasteiger partial charge in [-0.2, -0.15) is 0 Å². The van der Waals surface area contributed by atoms with E-state index in [-0.39, 0.29) is 5.41 Å². The van der Waals surface area contributed by atoms with Crippen LogP contribution < -0.4 is 14.8 Å². The van der Waals surface area contributed by atoms with Crippen LogP contribution in [0.15, 0.2) is 12.1 Å². The van der Waals surface area contributed by atoms with Crippen LogP contribution in [0.25, 0.3) is 0 Å². The molecule has 0 saturated carbocycles. The maximum absolute atomic E-state index is 5.67. The molecule has 0 aromatic heterocycles. The van der Waals surface area contributed by atoms with Crippen molar-refractivity contribution in [3.05, 3.63) is 23.3 Å². The second kappa shape index (κ2) is 4.75. The smallest absolute Gasteiger partial charge is 0.231 e. The van der Waals surface area contributed by atoms with E-state index in [2.05, 4.69) is 32.2 Å². The first kappa shape index (κ1) is 12.5. The normalized spacial score (nSPS) is 14.1. The molecule has 1 N–H and O–H groups in total. The zero-order valence-electron chi connectivity index (χ0n) is 10.5. The van der Waals surface area contributed by atoms with Crippen LogP contribution in [0, 0.1) is 6.92 Å². The number of alkyl halides is 1. The van der Waals surface area contributed by atoms with Crippen LogP contribution in [0.5, 0.6) is 11.5 Å². The van der Waals surface area contributed by atoms with Gasteiger partial charge in [0.15, 0.2) is 11.5 Å². The first-order chi connectivity index (χ1) is 8.04. The van der Waals surface area contributed by atoms with Crippen LogP contribution in [-0.4, -0.2) is 19.3 Å². The minimum absolute atomic E-state index is 0.0138. The second-order valence-corrected chi connectivity index (χ2v) is 5.23. The second-order valence-electron chi connectivity index (χ2n) is 4.96. The molecule has 0 bridgehead atoms. The molecule has 1 heterocycles. The van der Waals surface area contributed by atoms with Crippen molar-refractivity contribution >= 4 is 11.6 Å². The van der Waals surface area contributed by atoms with Gasteiger partial charge in [0.25, 0.3) is 0 Å². The molecule has 0 atom stereocenters. The Bertz CT molecular complexity index is 418. The van der Waals surface area contributed by atoms with Crippen LogP contribution in [-0.2, 0) is 5.41 Å². The fourth-order valence-electron chi connectivity index (χ4n) is 2.23. The summed E-state index contributed by atoms with van der Waals surface area (Å²) in [4.78, 5) is 0. The van der Waals surface area contributed by atoms with E-state index in [0.717, 1.165) is 18.0 Å². The fourth-order valence-corrected chi connectivity index (χ4v) is 2.32. The van der Waals surface area contributed by atoms with E-state index in [1.54, 1.807) is 0 Å². The first-order valence-corrected chi connectivity index (χ1v) is 6.25. The van der Waals surface area contributed by atoms with E-state index >= 15 is 0 Å². The number of halogens is 1. The van der Waals surface area contributed by atoms with Crippen molar-refractivity contribution < 1.29 is 9.47 Å². The molecule has 0 amide bonds. The molecule has 17 heavy (non-hydrogen) atoms. The van der Waals surface area contributed by atoms with Gasteiger partial charge in [-0.25, -0.2) is 0 Å². The molecule has 1 aromatic rings. The minimum Gasteiger partial charge on any atom is -0.454 e. The molecule has 4 heteroatoms. The Morgan fingerprint density at radius 2 is 1.94 bits per heavy atom. The van der Waals surface area contributed by atoms with Crippen LogP contribution >= 0.6 is 11.6 Å². The van der Waals surface area contributed by atoms with Gasteiger partial charge in [-0.15, -0.1) is 11.6 Å². The minimum atomic E-state index is 0.0138. The van der Waals surface area contributed by atoms with E-state index in [9.17, 15) is 0 Å². The maximum atomic E-state index is 5.67. The quantitative estimate of drug-likeness (QED) is 0.663. The summed E-state index contributed by atoms with van der Waals surface area (Å²) in [6, 6.07) is 4.58. The Kier molecular flexibility index (Phi) is 3.50. The summed E-state index contributed by atoms with van der Waals surface area (Å²) in [5.41, 5.74) is 2.50. The van der Waals surface area contributed by atoms with Gasteiger partial charge < -0.3 is 14.8 Å². The average Bonchev–Trinajstić information content (AvgIpc) is 2.72. The molecule has 0 fully saturated rings. The fraction of sp³-hybridized carbons (Fsp3) is 0.538. The van der Waals surface area contributed by atoms with Gasteiger partial charge >= 0.3 is 0 Å². The molecule has 1 aliphatic rings. The molecule has 0 spiro atoms. The van der Waals surface area contributed by atoms with Crippen LogP contribution in [0.3, 0.4) is 0 Å². The lowest BCUT2D eigenvalue weighted by Crippen LogP contribution is -2.32. The predicted octanol–water partition coefficient (Wildman–Crippen LogP) is 2.79. The lowest BCUT2D eigenvalue weighted by Gasteiger charge is -2.27. The zero-order valence-corrected chi connectivity index (χ0v) is 11.2. The number of rotatable bonds is 4. The van der Waals surface area contributed by atoms with Gasteiger partial charge in [-0.3, -0.25) is 0 Å². The third-order valence-electron chi connectivity index (χ3n) is 3.11. The van der Waals surface area contributed by atoms with Crippen molar-refractivity contribution in [1.82, 2.24) is 5.32 Å². The molecule has 94 valence electrons. The summed E-state index contributed by atoms with van der Waals surface area (Å²) in [6.45, 7) is 7.63. The topological polar surface area (TPSA) is 30.5 Å². The predicted molar refractivity (Wildman–Crippen MR) is 69.1 cm³/mol. The Hall–Kier alpha value is -0.930. The maximum Gasteiger partial charge on any atom is 0.231 e. The average molecular weight is 256 g/mol. The molecular formula is C13H18ClNO2. The van der Waals surface area contributed by atoms with Crippen molar-refractivity contribution in [1.29, 1.82) is 0 Å². The summed E-state index contributed by atoms with van der Waals surface area (Å²) in [5.74, 6) is 1.68. The van der Waals surface area contributed by atoms with Crippen molar-refractivity contribution in [3.8, 4) is 11.5 Å². The lowest BCUT2D eigenvalue weighted by molar-refractivity contribution is 0.174. The van der Waals surface area contributed by atoms with Crippen LogP contribution in [0.2, 0.25) is 0 Å². The molecule has 0 aliphatic carbocycles. The van der Waals surface area contributed by atoms with E-state index in [1.807, 2.05) is 6.07 Å². The molecule has 3 nitrogen and oxygen atoms in total. The molecule has 0 saturated heterocycles. The number of benzene rings is 1. The molecule has 1 aliphatic heterocycles.